The molecule has 2 amide bonds. The second kappa shape index (κ2) is 9.89. The molecule has 23 heavy (non-hydrogen) atoms. The van der Waals surface area contributed by atoms with Gasteiger partial charge in [-0.05, 0) is 32.9 Å². The minimum atomic E-state index is -0.829. The predicted octanol–water partition coefficient (Wildman–Crippen LogP) is 1.73. The molecule has 0 aliphatic heterocycles. The first kappa shape index (κ1) is 19.0. The van der Waals surface area contributed by atoms with Gasteiger partial charge in [0.05, 0.1) is 11.5 Å². The Labute approximate surface area is 140 Å². The molecular weight excluding hydrogens is 316 g/mol. The van der Waals surface area contributed by atoms with Gasteiger partial charge in [0.1, 0.15) is 0 Å². The molecule has 0 heterocycles. The van der Waals surface area contributed by atoms with Crippen molar-refractivity contribution in [1.29, 1.82) is 0 Å². The molecule has 0 aliphatic carbocycles. The zero-order chi connectivity index (χ0) is 17.2. The van der Waals surface area contributed by atoms with Crippen LogP contribution in [0, 0.1) is 6.92 Å². The highest BCUT2D eigenvalue weighted by molar-refractivity contribution is 8.00. The summed E-state index contributed by atoms with van der Waals surface area (Å²) in [6, 6.07) is 7.45. The van der Waals surface area contributed by atoms with Gasteiger partial charge in [-0.2, -0.15) is 0 Å². The molecule has 0 aromatic heterocycles. The fraction of sp³-hybridized carbons (Fsp3) is 0.438. The summed E-state index contributed by atoms with van der Waals surface area (Å²) in [6.07, 6.45) is -0.829. The maximum atomic E-state index is 11.7. The summed E-state index contributed by atoms with van der Waals surface area (Å²) in [5.41, 5.74) is 1.83. The summed E-state index contributed by atoms with van der Waals surface area (Å²) in [7, 11) is 0. The van der Waals surface area contributed by atoms with Gasteiger partial charge >= 0.3 is 5.97 Å². The summed E-state index contributed by atoms with van der Waals surface area (Å²) < 4.78 is 4.97. The van der Waals surface area contributed by atoms with E-state index in [0.717, 1.165) is 17.3 Å². The molecule has 0 fully saturated rings. The number of thioether (sulfide) groups is 1. The first-order chi connectivity index (χ1) is 10.9. The normalized spacial score (nSPS) is 11.4. The predicted molar refractivity (Wildman–Crippen MR) is 91.4 cm³/mol. The number of ether oxygens (including phenoxy) is 1. The number of hydrogen-bond donors (Lipinski definition) is 2. The van der Waals surface area contributed by atoms with Crippen LogP contribution in [-0.2, 0) is 19.1 Å². The number of anilines is 1. The second-order valence-corrected chi connectivity index (χ2v) is 5.92. The van der Waals surface area contributed by atoms with Gasteiger partial charge in [0, 0.05) is 12.2 Å². The van der Waals surface area contributed by atoms with Gasteiger partial charge in [0.2, 0.25) is 5.91 Å². The summed E-state index contributed by atoms with van der Waals surface area (Å²) >= 11 is 1.14. The Balaban J connectivity index is 2.25. The van der Waals surface area contributed by atoms with E-state index in [1.807, 2.05) is 31.2 Å². The fourth-order valence-corrected chi connectivity index (χ4v) is 2.26. The summed E-state index contributed by atoms with van der Waals surface area (Å²) in [6.45, 7) is 5.75. The van der Waals surface area contributed by atoms with Crippen LogP contribution < -0.4 is 10.6 Å². The van der Waals surface area contributed by atoms with Crippen LogP contribution in [0.5, 0.6) is 0 Å². The third-order valence-electron chi connectivity index (χ3n) is 2.82. The van der Waals surface area contributed by atoms with Crippen LogP contribution in [0.25, 0.3) is 0 Å². The lowest BCUT2D eigenvalue weighted by atomic mass is 10.2. The molecule has 126 valence electrons. The average Bonchev–Trinajstić information content (AvgIpc) is 2.49. The summed E-state index contributed by atoms with van der Waals surface area (Å²) in [5.74, 6) is -0.882. The first-order valence-electron chi connectivity index (χ1n) is 7.33. The first-order valence-corrected chi connectivity index (χ1v) is 8.49. The Hall–Kier alpha value is -2.02. The molecule has 0 saturated heterocycles. The van der Waals surface area contributed by atoms with Gasteiger partial charge in [0.25, 0.3) is 5.91 Å². The number of esters is 1. The number of hydrogen-bond acceptors (Lipinski definition) is 5. The number of carbonyl (C=O) groups is 3. The number of likely N-dealkylation sites (N-methyl/N-ethyl adjacent to an activating group) is 1. The third-order valence-corrected chi connectivity index (χ3v) is 3.72. The average molecular weight is 338 g/mol. The van der Waals surface area contributed by atoms with Crippen molar-refractivity contribution in [3.63, 3.8) is 0 Å². The highest BCUT2D eigenvalue weighted by Gasteiger charge is 2.17. The van der Waals surface area contributed by atoms with E-state index >= 15 is 0 Å². The third kappa shape index (κ3) is 7.69. The van der Waals surface area contributed by atoms with Gasteiger partial charge in [-0.1, -0.05) is 17.7 Å². The number of nitrogens with one attached hydrogen (secondary N) is 2. The van der Waals surface area contributed by atoms with E-state index in [1.54, 1.807) is 6.92 Å². The van der Waals surface area contributed by atoms with Gasteiger partial charge in [0.15, 0.2) is 6.10 Å². The van der Waals surface area contributed by atoms with Crippen molar-refractivity contribution in [2.24, 2.45) is 0 Å². The van der Waals surface area contributed by atoms with Crippen LogP contribution in [0.1, 0.15) is 19.4 Å². The molecule has 6 nitrogen and oxygen atoms in total. The monoisotopic (exact) mass is 338 g/mol. The number of benzene rings is 1. The molecular formula is C16H22N2O4S. The second-order valence-electron chi connectivity index (χ2n) is 4.93. The van der Waals surface area contributed by atoms with Crippen molar-refractivity contribution in [3.05, 3.63) is 29.8 Å². The van der Waals surface area contributed by atoms with E-state index in [0.29, 0.717) is 12.2 Å². The molecule has 1 atom stereocenters. The number of aryl methyl sites for hydroxylation is 1. The van der Waals surface area contributed by atoms with E-state index in [2.05, 4.69) is 10.6 Å². The lowest BCUT2D eigenvalue weighted by Crippen LogP contribution is -2.36. The molecule has 0 bridgehead atoms. The van der Waals surface area contributed by atoms with E-state index in [-0.39, 0.29) is 23.3 Å². The van der Waals surface area contributed by atoms with Crippen LogP contribution in [0.3, 0.4) is 0 Å². The molecule has 0 saturated carbocycles. The van der Waals surface area contributed by atoms with Crippen LogP contribution in [0.4, 0.5) is 5.69 Å². The summed E-state index contributed by atoms with van der Waals surface area (Å²) in [5, 5.41) is 5.31. The van der Waals surface area contributed by atoms with Gasteiger partial charge < -0.3 is 15.4 Å². The molecule has 2 N–H and O–H groups in total. The maximum Gasteiger partial charge on any atom is 0.316 e. The van der Waals surface area contributed by atoms with Crippen LogP contribution in [-0.4, -0.2) is 41.9 Å². The van der Waals surface area contributed by atoms with Crippen molar-refractivity contribution in [2.75, 3.05) is 23.4 Å². The molecule has 7 heteroatoms. The summed E-state index contributed by atoms with van der Waals surface area (Å²) in [4.78, 5) is 34.8. The van der Waals surface area contributed by atoms with Crippen LogP contribution >= 0.6 is 11.8 Å². The minimum absolute atomic E-state index is 0.0189. The molecule has 1 rings (SSSR count). The zero-order valence-electron chi connectivity index (χ0n) is 13.5. The number of carbonyl (C=O) groups excluding carboxylic acids is 3. The number of amides is 2. The molecule has 0 unspecified atom stereocenters. The quantitative estimate of drug-likeness (QED) is 0.705. The van der Waals surface area contributed by atoms with Crippen molar-refractivity contribution in [3.8, 4) is 0 Å². The Bertz CT molecular complexity index is 546. The molecule has 1 aromatic carbocycles. The Morgan fingerprint density at radius 2 is 1.83 bits per heavy atom. The highest BCUT2D eigenvalue weighted by Crippen LogP contribution is 2.10. The molecule has 0 spiro atoms. The fourth-order valence-electron chi connectivity index (χ4n) is 1.66. The van der Waals surface area contributed by atoms with Gasteiger partial charge in [-0.3, -0.25) is 14.4 Å². The molecule has 1 aromatic rings. The molecule has 0 radical (unpaired) electrons. The van der Waals surface area contributed by atoms with Crippen molar-refractivity contribution in [1.82, 2.24) is 5.32 Å². The van der Waals surface area contributed by atoms with Gasteiger partial charge in [-0.15, -0.1) is 11.8 Å². The Kier molecular flexibility index (Phi) is 8.18. The maximum absolute atomic E-state index is 11.7. The zero-order valence-corrected chi connectivity index (χ0v) is 14.4. The highest BCUT2D eigenvalue weighted by atomic mass is 32.2. The van der Waals surface area contributed by atoms with Crippen molar-refractivity contribution < 1.29 is 19.1 Å². The molecule has 0 aliphatic rings. The topological polar surface area (TPSA) is 84.5 Å². The Morgan fingerprint density at radius 3 is 2.43 bits per heavy atom. The van der Waals surface area contributed by atoms with Crippen LogP contribution in [0.15, 0.2) is 24.3 Å². The SMILES string of the molecule is CCNC(=O)[C@H](C)OC(=O)CSCC(=O)Nc1ccc(C)cc1. The van der Waals surface area contributed by atoms with Crippen molar-refractivity contribution >= 4 is 35.2 Å². The Morgan fingerprint density at radius 1 is 1.17 bits per heavy atom. The lowest BCUT2D eigenvalue weighted by Gasteiger charge is -2.12. The van der Waals surface area contributed by atoms with E-state index in [9.17, 15) is 14.4 Å². The lowest BCUT2D eigenvalue weighted by molar-refractivity contribution is -0.152. The smallest absolute Gasteiger partial charge is 0.316 e. The van der Waals surface area contributed by atoms with E-state index in [1.165, 1.54) is 6.92 Å². The minimum Gasteiger partial charge on any atom is -0.452 e. The number of rotatable bonds is 8. The van der Waals surface area contributed by atoms with E-state index < -0.39 is 12.1 Å². The standard InChI is InChI=1S/C16H22N2O4S/c1-4-17-16(21)12(3)22-15(20)10-23-9-14(19)18-13-7-5-11(2)6-8-13/h5-8,12H,4,9-10H2,1-3H3,(H,17,21)(H,18,19)/t12-/m0/s1. The van der Waals surface area contributed by atoms with Gasteiger partial charge in [-0.25, -0.2) is 0 Å². The largest absolute Gasteiger partial charge is 0.452 e. The van der Waals surface area contributed by atoms with Crippen molar-refractivity contribution in [2.45, 2.75) is 26.9 Å². The van der Waals surface area contributed by atoms with E-state index in [4.69, 9.17) is 4.74 Å². The van der Waals surface area contributed by atoms with Crippen LogP contribution in [0.2, 0.25) is 0 Å².